The Morgan fingerprint density at radius 2 is 1.75 bits per heavy atom. The zero-order valence-electron chi connectivity index (χ0n) is 14.3. The van der Waals surface area contributed by atoms with Gasteiger partial charge in [0.25, 0.3) is 5.91 Å². The van der Waals surface area contributed by atoms with Gasteiger partial charge in [0, 0.05) is 6.54 Å². The van der Waals surface area contributed by atoms with Crippen molar-refractivity contribution in [2.24, 2.45) is 0 Å². The molecule has 0 saturated heterocycles. The summed E-state index contributed by atoms with van der Waals surface area (Å²) in [6, 6.07) is 13.3. The molecule has 1 amide bonds. The Bertz CT molecular complexity index is 685. The van der Waals surface area contributed by atoms with Crippen molar-refractivity contribution in [3.05, 3.63) is 53.6 Å². The van der Waals surface area contributed by atoms with E-state index in [4.69, 9.17) is 14.2 Å². The zero-order valence-corrected chi connectivity index (χ0v) is 14.3. The smallest absolute Gasteiger partial charge is 0.257 e. The highest BCUT2D eigenvalue weighted by atomic mass is 16.5. The van der Waals surface area contributed by atoms with E-state index in [9.17, 15) is 4.79 Å². The predicted molar refractivity (Wildman–Crippen MR) is 92.9 cm³/mol. The molecule has 0 aromatic heterocycles. The van der Waals surface area contributed by atoms with Gasteiger partial charge in [0.05, 0.1) is 14.2 Å². The van der Waals surface area contributed by atoms with Crippen molar-refractivity contribution in [2.75, 3.05) is 27.4 Å². The lowest BCUT2D eigenvalue weighted by atomic mass is 10.1. The van der Waals surface area contributed by atoms with Crippen LogP contribution in [0.25, 0.3) is 0 Å². The van der Waals surface area contributed by atoms with Crippen molar-refractivity contribution in [3.8, 4) is 17.2 Å². The Morgan fingerprint density at radius 3 is 2.46 bits per heavy atom. The molecule has 0 fully saturated rings. The van der Waals surface area contributed by atoms with Gasteiger partial charge < -0.3 is 19.5 Å². The summed E-state index contributed by atoms with van der Waals surface area (Å²) in [7, 11) is 3.21. The van der Waals surface area contributed by atoms with Gasteiger partial charge in [0.15, 0.2) is 18.1 Å². The molecule has 0 radical (unpaired) electrons. The number of carbonyl (C=O) groups excluding carboxylic acids is 1. The summed E-state index contributed by atoms with van der Waals surface area (Å²) in [4.78, 5) is 11.9. The van der Waals surface area contributed by atoms with Gasteiger partial charge >= 0.3 is 0 Å². The monoisotopic (exact) mass is 329 g/mol. The minimum atomic E-state index is -0.140. The van der Waals surface area contributed by atoms with E-state index < -0.39 is 0 Å². The maximum atomic E-state index is 11.9. The van der Waals surface area contributed by atoms with Gasteiger partial charge in [-0.1, -0.05) is 24.3 Å². The van der Waals surface area contributed by atoms with Crippen LogP contribution in [0, 0.1) is 6.92 Å². The highest BCUT2D eigenvalue weighted by Crippen LogP contribution is 2.27. The quantitative estimate of drug-likeness (QED) is 0.809. The molecule has 24 heavy (non-hydrogen) atoms. The van der Waals surface area contributed by atoms with Crippen molar-refractivity contribution >= 4 is 5.91 Å². The topological polar surface area (TPSA) is 56.8 Å². The Hall–Kier alpha value is -2.69. The van der Waals surface area contributed by atoms with Crippen LogP contribution in [-0.2, 0) is 11.2 Å². The number of para-hydroxylation sites is 1. The van der Waals surface area contributed by atoms with Crippen LogP contribution in [0.5, 0.6) is 17.2 Å². The standard InChI is InChI=1S/C19H23NO4/c1-14-6-4-5-7-16(14)24-13-19(21)20-11-10-15-8-9-17(22-2)18(12-15)23-3/h4-9,12H,10-11,13H2,1-3H3,(H,20,21). The van der Waals surface area contributed by atoms with E-state index in [0.29, 0.717) is 24.5 Å². The van der Waals surface area contributed by atoms with Gasteiger partial charge in [-0.05, 0) is 42.7 Å². The molecule has 0 atom stereocenters. The highest BCUT2D eigenvalue weighted by molar-refractivity contribution is 5.77. The van der Waals surface area contributed by atoms with Crippen LogP contribution in [-0.4, -0.2) is 33.3 Å². The fourth-order valence-electron chi connectivity index (χ4n) is 2.30. The third kappa shape index (κ3) is 4.91. The summed E-state index contributed by atoms with van der Waals surface area (Å²) < 4.78 is 16.0. The maximum absolute atomic E-state index is 11.9. The van der Waals surface area contributed by atoms with E-state index in [-0.39, 0.29) is 12.5 Å². The molecule has 0 unspecified atom stereocenters. The predicted octanol–water partition coefficient (Wildman–Crippen LogP) is 2.75. The molecule has 0 heterocycles. The molecule has 0 aliphatic heterocycles. The Labute approximate surface area is 142 Å². The number of ether oxygens (including phenoxy) is 3. The normalized spacial score (nSPS) is 10.1. The lowest BCUT2D eigenvalue weighted by Gasteiger charge is -2.11. The van der Waals surface area contributed by atoms with Gasteiger partial charge in [0.1, 0.15) is 5.75 Å². The van der Waals surface area contributed by atoms with E-state index in [2.05, 4.69) is 5.32 Å². The first kappa shape index (κ1) is 17.7. The van der Waals surface area contributed by atoms with Crippen LogP contribution in [0.2, 0.25) is 0 Å². The van der Waals surface area contributed by atoms with Crippen molar-refractivity contribution in [1.29, 1.82) is 0 Å². The number of aryl methyl sites for hydroxylation is 1. The SMILES string of the molecule is COc1ccc(CCNC(=O)COc2ccccc2C)cc1OC. The molecule has 5 heteroatoms. The van der Waals surface area contributed by atoms with Gasteiger partial charge in [-0.25, -0.2) is 0 Å². The minimum absolute atomic E-state index is 0.0107. The summed E-state index contributed by atoms with van der Waals surface area (Å²) in [5.41, 5.74) is 2.07. The number of methoxy groups -OCH3 is 2. The second-order valence-electron chi connectivity index (χ2n) is 5.34. The van der Waals surface area contributed by atoms with Gasteiger partial charge in [-0.15, -0.1) is 0 Å². The Morgan fingerprint density at radius 1 is 1.00 bits per heavy atom. The molecule has 0 aliphatic carbocycles. The van der Waals surface area contributed by atoms with Crippen LogP contribution >= 0.6 is 0 Å². The van der Waals surface area contributed by atoms with Crippen molar-refractivity contribution < 1.29 is 19.0 Å². The third-order valence-electron chi connectivity index (χ3n) is 3.64. The third-order valence-corrected chi connectivity index (χ3v) is 3.64. The van der Waals surface area contributed by atoms with E-state index >= 15 is 0 Å². The average Bonchev–Trinajstić information content (AvgIpc) is 2.61. The lowest BCUT2D eigenvalue weighted by Crippen LogP contribution is -2.30. The number of amides is 1. The second kappa shape index (κ2) is 8.82. The van der Waals surface area contributed by atoms with Crippen molar-refractivity contribution in [3.63, 3.8) is 0 Å². The molecule has 1 N–H and O–H groups in total. The van der Waals surface area contributed by atoms with E-state index in [1.54, 1.807) is 14.2 Å². The van der Waals surface area contributed by atoms with Crippen molar-refractivity contribution in [1.82, 2.24) is 5.32 Å². The molecule has 0 bridgehead atoms. The zero-order chi connectivity index (χ0) is 17.4. The molecular weight excluding hydrogens is 306 g/mol. The van der Waals surface area contributed by atoms with Gasteiger partial charge in [-0.2, -0.15) is 0 Å². The first-order valence-corrected chi connectivity index (χ1v) is 7.80. The number of rotatable bonds is 8. The van der Waals surface area contributed by atoms with Gasteiger partial charge in [-0.3, -0.25) is 4.79 Å². The number of carbonyl (C=O) groups is 1. The van der Waals surface area contributed by atoms with Crippen LogP contribution in [0.1, 0.15) is 11.1 Å². The Balaban J connectivity index is 1.77. The van der Waals surface area contributed by atoms with Crippen LogP contribution < -0.4 is 19.5 Å². The minimum Gasteiger partial charge on any atom is -0.493 e. The molecule has 0 saturated carbocycles. The first-order chi connectivity index (χ1) is 11.6. The molecule has 128 valence electrons. The number of nitrogens with one attached hydrogen (secondary N) is 1. The molecule has 0 aliphatic rings. The summed E-state index contributed by atoms with van der Waals surface area (Å²) >= 11 is 0. The maximum Gasteiger partial charge on any atom is 0.257 e. The Kier molecular flexibility index (Phi) is 6.49. The molecule has 0 spiro atoms. The number of benzene rings is 2. The summed E-state index contributed by atoms with van der Waals surface area (Å²) in [6.07, 6.45) is 0.705. The molecule has 5 nitrogen and oxygen atoms in total. The van der Waals surface area contributed by atoms with Crippen LogP contribution in [0.4, 0.5) is 0 Å². The van der Waals surface area contributed by atoms with Crippen molar-refractivity contribution in [2.45, 2.75) is 13.3 Å². The van der Waals surface area contributed by atoms with Gasteiger partial charge in [0.2, 0.25) is 0 Å². The second-order valence-corrected chi connectivity index (χ2v) is 5.34. The highest BCUT2D eigenvalue weighted by Gasteiger charge is 2.06. The molecule has 2 rings (SSSR count). The summed E-state index contributed by atoms with van der Waals surface area (Å²) in [5, 5.41) is 2.85. The molecule has 2 aromatic carbocycles. The van der Waals surface area contributed by atoms with Crippen LogP contribution in [0.15, 0.2) is 42.5 Å². The summed E-state index contributed by atoms with van der Waals surface area (Å²) in [6.45, 7) is 2.49. The summed E-state index contributed by atoms with van der Waals surface area (Å²) in [5.74, 6) is 1.97. The van der Waals surface area contributed by atoms with E-state index in [1.165, 1.54) is 0 Å². The number of hydrogen-bond donors (Lipinski definition) is 1. The fraction of sp³-hybridized carbons (Fsp3) is 0.316. The average molecular weight is 329 g/mol. The van der Waals surface area contributed by atoms with E-state index in [1.807, 2.05) is 49.4 Å². The van der Waals surface area contributed by atoms with Crippen LogP contribution in [0.3, 0.4) is 0 Å². The van der Waals surface area contributed by atoms with E-state index in [0.717, 1.165) is 16.9 Å². The fourth-order valence-corrected chi connectivity index (χ4v) is 2.30. The largest absolute Gasteiger partial charge is 0.493 e. The number of hydrogen-bond acceptors (Lipinski definition) is 4. The first-order valence-electron chi connectivity index (χ1n) is 7.80. The molecular formula is C19H23NO4. The molecule has 2 aromatic rings. The lowest BCUT2D eigenvalue weighted by molar-refractivity contribution is -0.123.